The maximum absolute atomic E-state index is 10.5. The van der Waals surface area contributed by atoms with Gasteiger partial charge in [0, 0.05) is 11.0 Å². The number of carboxylic acids is 1. The topological polar surface area (TPSA) is 55.8 Å². The molecule has 4 nitrogen and oxygen atoms in total. The van der Waals surface area contributed by atoms with E-state index in [0.717, 1.165) is 22.8 Å². The Morgan fingerprint density at radius 1 is 1.47 bits per heavy atom. The van der Waals surface area contributed by atoms with Crippen molar-refractivity contribution in [2.45, 2.75) is 24.3 Å². The van der Waals surface area contributed by atoms with Gasteiger partial charge in [-0.1, -0.05) is 13.0 Å². The van der Waals surface area contributed by atoms with E-state index in [-0.39, 0.29) is 18.5 Å². The van der Waals surface area contributed by atoms with E-state index in [1.807, 2.05) is 25.1 Å². The van der Waals surface area contributed by atoms with Crippen molar-refractivity contribution < 1.29 is 19.4 Å². The van der Waals surface area contributed by atoms with Gasteiger partial charge in [0.1, 0.15) is 0 Å². The number of fused-ring (bicyclic) bond motifs is 1. The van der Waals surface area contributed by atoms with Crippen LogP contribution in [0.2, 0.25) is 0 Å². The Balaban J connectivity index is 1.89. The first-order chi connectivity index (χ1) is 8.15. The minimum Gasteiger partial charge on any atom is -0.481 e. The summed E-state index contributed by atoms with van der Waals surface area (Å²) in [5.74, 6) is 1.58. The zero-order valence-corrected chi connectivity index (χ0v) is 10.3. The van der Waals surface area contributed by atoms with Gasteiger partial charge in [-0.15, -0.1) is 0 Å². The number of ether oxygens (including phenoxy) is 2. The van der Waals surface area contributed by atoms with Crippen molar-refractivity contribution in [3.05, 3.63) is 23.8 Å². The fourth-order valence-electron chi connectivity index (χ4n) is 1.57. The number of hydrogen-bond acceptors (Lipinski definition) is 4. The van der Waals surface area contributed by atoms with Crippen LogP contribution in [0.1, 0.15) is 18.9 Å². The zero-order valence-electron chi connectivity index (χ0n) is 9.51. The summed E-state index contributed by atoms with van der Waals surface area (Å²) in [4.78, 5) is 10.5. The number of carboxylic acid groups (broad SMARTS) is 1. The molecule has 5 heteroatoms. The SMILES string of the molecule is CC(CC(=O)O)SCc1ccc2c(c1)OCO2. The maximum Gasteiger partial charge on any atom is 0.304 e. The predicted octanol–water partition coefficient (Wildman–Crippen LogP) is 2.51. The first kappa shape index (κ1) is 12.1. The number of thioether (sulfide) groups is 1. The minimum absolute atomic E-state index is 0.109. The summed E-state index contributed by atoms with van der Waals surface area (Å²) in [6, 6.07) is 5.82. The molecule has 1 heterocycles. The molecule has 0 radical (unpaired) electrons. The number of aliphatic carboxylic acids is 1. The van der Waals surface area contributed by atoms with Crippen molar-refractivity contribution >= 4 is 17.7 Å². The van der Waals surface area contributed by atoms with Gasteiger partial charge in [0.15, 0.2) is 11.5 Å². The fraction of sp³-hybridized carbons (Fsp3) is 0.417. The number of rotatable bonds is 5. The minimum atomic E-state index is -0.754. The summed E-state index contributed by atoms with van der Waals surface area (Å²) in [5.41, 5.74) is 1.12. The van der Waals surface area contributed by atoms with E-state index < -0.39 is 5.97 Å². The molecular formula is C12H14O4S. The molecule has 1 aliphatic rings. The standard InChI is InChI=1S/C12H14O4S/c1-8(4-12(13)14)17-6-9-2-3-10-11(5-9)16-7-15-10/h2-3,5,8H,4,6-7H2,1H3,(H,13,14). The highest BCUT2D eigenvalue weighted by molar-refractivity contribution is 7.99. The van der Waals surface area contributed by atoms with Crippen LogP contribution in [0.4, 0.5) is 0 Å². The largest absolute Gasteiger partial charge is 0.481 e. The number of benzene rings is 1. The van der Waals surface area contributed by atoms with Crippen LogP contribution in [0.3, 0.4) is 0 Å². The smallest absolute Gasteiger partial charge is 0.304 e. The lowest BCUT2D eigenvalue weighted by molar-refractivity contribution is -0.136. The molecule has 2 rings (SSSR count). The molecule has 1 aromatic carbocycles. The van der Waals surface area contributed by atoms with Gasteiger partial charge in [0.2, 0.25) is 6.79 Å². The van der Waals surface area contributed by atoms with Gasteiger partial charge in [-0.05, 0) is 17.7 Å². The van der Waals surface area contributed by atoms with Crippen molar-refractivity contribution in [2.75, 3.05) is 6.79 Å². The summed E-state index contributed by atoms with van der Waals surface area (Å²) in [5, 5.41) is 8.77. The van der Waals surface area contributed by atoms with Gasteiger partial charge in [0.25, 0.3) is 0 Å². The van der Waals surface area contributed by atoms with Gasteiger partial charge in [0.05, 0.1) is 6.42 Å². The second-order valence-corrected chi connectivity index (χ2v) is 5.33. The molecule has 0 saturated heterocycles. The molecule has 92 valence electrons. The van der Waals surface area contributed by atoms with Crippen LogP contribution in [0.25, 0.3) is 0 Å². The molecule has 0 aromatic heterocycles. The summed E-state index contributed by atoms with van der Waals surface area (Å²) < 4.78 is 10.5. The van der Waals surface area contributed by atoms with Crippen LogP contribution < -0.4 is 9.47 Å². The molecule has 1 aromatic rings. The van der Waals surface area contributed by atoms with Gasteiger partial charge >= 0.3 is 5.97 Å². The zero-order chi connectivity index (χ0) is 12.3. The average molecular weight is 254 g/mol. The Morgan fingerprint density at radius 2 is 2.24 bits per heavy atom. The van der Waals surface area contributed by atoms with E-state index in [1.165, 1.54) is 0 Å². The fourth-order valence-corrected chi connectivity index (χ4v) is 2.49. The summed E-state index contributed by atoms with van der Waals surface area (Å²) in [6.45, 7) is 2.20. The summed E-state index contributed by atoms with van der Waals surface area (Å²) >= 11 is 1.63. The highest BCUT2D eigenvalue weighted by atomic mass is 32.2. The average Bonchev–Trinajstić information content (AvgIpc) is 2.72. The molecule has 0 saturated carbocycles. The molecule has 1 unspecified atom stereocenters. The molecule has 0 spiro atoms. The Kier molecular flexibility index (Phi) is 3.78. The van der Waals surface area contributed by atoms with Gasteiger partial charge in [-0.3, -0.25) is 4.79 Å². The highest BCUT2D eigenvalue weighted by Crippen LogP contribution is 2.34. The normalized spacial score (nSPS) is 14.6. The van der Waals surface area contributed by atoms with Crippen molar-refractivity contribution in [3.63, 3.8) is 0 Å². The molecule has 1 atom stereocenters. The first-order valence-corrected chi connectivity index (χ1v) is 6.42. The van der Waals surface area contributed by atoms with E-state index in [4.69, 9.17) is 14.6 Å². The van der Waals surface area contributed by atoms with Crippen molar-refractivity contribution in [1.82, 2.24) is 0 Å². The number of hydrogen-bond donors (Lipinski definition) is 1. The quantitative estimate of drug-likeness (QED) is 0.875. The lowest BCUT2D eigenvalue weighted by Gasteiger charge is -2.08. The Morgan fingerprint density at radius 3 is 3.00 bits per heavy atom. The van der Waals surface area contributed by atoms with Crippen LogP contribution in [0.15, 0.2) is 18.2 Å². The Bertz CT molecular complexity index is 419. The van der Waals surface area contributed by atoms with Crippen molar-refractivity contribution in [2.24, 2.45) is 0 Å². The monoisotopic (exact) mass is 254 g/mol. The Hall–Kier alpha value is -1.36. The van der Waals surface area contributed by atoms with Crippen LogP contribution >= 0.6 is 11.8 Å². The summed E-state index contributed by atoms with van der Waals surface area (Å²) in [7, 11) is 0. The lowest BCUT2D eigenvalue weighted by Crippen LogP contribution is -2.05. The van der Waals surface area contributed by atoms with E-state index in [1.54, 1.807) is 11.8 Å². The van der Waals surface area contributed by atoms with Crippen LogP contribution in [0.5, 0.6) is 11.5 Å². The van der Waals surface area contributed by atoms with Crippen molar-refractivity contribution in [3.8, 4) is 11.5 Å². The van der Waals surface area contributed by atoms with Crippen LogP contribution in [-0.4, -0.2) is 23.1 Å². The van der Waals surface area contributed by atoms with Gasteiger partial charge in [-0.2, -0.15) is 11.8 Å². The first-order valence-electron chi connectivity index (χ1n) is 5.37. The van der Waals surface area contributed by atoms with E-state index in [2.05, 4.69) is 0 Å². The molecule has 0 amide bonds. The molecule has 1 N–H and O–H groups in total. The third kappa shape index (κ3) is 3.30. The molecular weight excluding hydrogens is 240 g/mol. The molecule has 0 fully saturated rings. The maximum atomic E-state index is 10.5. The molecule has 1 aliphatic heterocycles. The molecule has 0 aliphatic carbocycles. The third-order valence-corrected chi connectivity index (χ3v) is 3.67. The highest BCUT2D eigenvalue weighted by Gasteiger charge is 2.14. The second-order valence-electron chi connectivity index (χ2n) is 3.91. The van der Waals surface area contributed by atoms with Crippen molar-refractivity contribution in [1.29, 1.82) is 0 Å². The van der Waals surface area contributed by atoms with E-state index in [0.29, 0.717) is 0 Å². The summed E-state index contributed by atoms with van der Waals surface area (Å²) in [6.07, 6.45) is 0.190. The second kappa shape index (κ2) is 5.31. The van der Waals surface area contributed by atoms with E-state index >= 15 is 0 Å². The third-order valence-electron chi connectivity index (χ3n) is 2.43. The lowest BCUT2D eigenvalue weighted by atomic mass is 10.2. The molecule has 0 bridgehead atoms. The van der Waals surface area contributed by atoms with Crippen LogP contribution in [-0.2, 0) is 10.5 Å². The number of carbonyl (C=O) groups is 1. The molecule has 17 heavy (non-hydrogen) atoms. The van der Waals surface area contributed by atoms with E-state index in [9.17, 15) is 4.79 Å². The Labute approximate surface area is 104 Å². The van der Waals surface area contributed by atoms with Gasteiger partial charge < -0.3 is 14.6 Å². The van der Waals surface area contributed by atoms with Gasteiger partial charge in [-0.25, -0.2) is 0 Å². The van der Waals surface area contributed by atoms with Crippen LogP contribution in [0, 0.1) is 0 Å². The predicted molar refractivity (Wildman–Crippen MR) is 65.6 cm³/mol.